The Labute approximate surface area is 113 Å². The third kappa shape index (κ3) is 2.78. The zero-order valence-electron chi connectivity index (χ0n) is 11.1. The van der Waals surface area contributed by atoms with Crippen LogP contribution in [0.4, 0.5) is 10.1 Å². The maximum absolute atomic E-state index is 13.4. The van der Waals surface area contributed by atoms with Gasteiger partial charge in [-0.1, -0.05) is 24.3 Å². The Morgan fingerprint density at radius 2 is 2.05 bits per heavy atom. The van der Waals surface area contributed by atoms with Crippen molar-refractivity contribution < 1.29 is 4.39 Å². The van der Waals surface area contributed by atoms with E-state index in [1.165, 1.54) is 11.3 Å². The molecule has 98 valence electrons. The molecule has 1 atom stereocenters. The number of benzene rings is 2. The number of nitrogens with one attached hydrogen (secondary N) is 1. The van der Waals surface area contributed by atoms with Crippen LogP contribution < -0.4 is 5.32 Å². The zero-order chi connectivity index (χ0) is 13.2. The van der Waals surface area contributed by atoms with Gasteiger partial charge < -0.3 is 5.32 Å². The van der Waals surface area contributed by atoms with Gasteiger partial charge in [0.05, 0.1) is 0 Å². The highest BCUT2D eigenvalue weighted by atomic mass is 19.1. The highest BCUT2D eigenvalue weighted by Crippen LogP contribution is 2.26. The summed E-state index contributed by atoms with van der Waals surface area (Å²) in [5, 5.41) is 3.56. The SMILES string of the molecule is Cc1cc(F)cc(CC2CCc3ccccc3N2)c1. The van der Waals surface area contributed by atoms with Gasteiger partial charge in [-0.15, -0.1) is 0 Å². The van der Waals surface area contributed by atoms with E-state index in [0.717, 1.165) is 30.4 Å². The Hall–Kier alpha value is -1.83. The molecule has 0 aliphatic carbocycles. The van der Waals surface area contributed by atoms with E-state index >= 15 is 0 Å². The van der Waals surface area contributed by atoms with Crippen LogP contribution in [0.5, 0.6) is 0 Å². The molecule has 1 unspecified atom stereocenters. The van der Waals surface area contributed by atoms with E-state index in [4.69, 9.17) is 0 Å². The molecule has 19 heavy (non-hydrogen) atoms. The van der Waals surface area contributed by atoms with Gasteiger partial charge in [0.25, 0.3) is 0 Å². The van der Waals surface area contributed by atoms with Crippen LogP contribution in [-0.4, -0.2) is 6.04 Å². The van der Waals surface area contributed by atoms with Gasteiger partial charge in [0, 0.05) is 11.7 Å². The zero-order valence-corrected chi connectivity index (χ0v) is 11.1. The Morgan fingerprint density at radius 1 is 1.21 bits per heavy atom. The Morgan fingerprint density at radius 3 is 2.89 bits per heavy atom. The number of fused-ring (bicyclic) bond motifs is 1. The minimum atomic E-state index is -0.133. The average Bonchev–Trinajstić information content (AvgIpc) is 2.37. The lowest BCUT2D eigenvalue weighted by molar-refractivity contribution is 0.608. The molecule has 1 aliphatic heterocycles. The van der Waals surface area contributed by atoms with Gasteiger partial charge in [-0.3, -0.25) is 0 Å². The fourth-order valence-corrected chi connectivity index (χ4v) is 2.87. The second-order valence-corrected chi connectivity index (χ2v) is 5.38. The molecular formula is C17H18FN. The largest absolute Gasteiger partial charge is 0.382 e. The molecule has 0 fully saturated rings. The van der Waals surface area contributed by atoms with Crippen LogP contribution in [0.25, 0.3) is 0 Å². The third-order valence-corrected chi connectivity index (χ3v) is 3.72. The van der Waals surface area contributed by atoms with Crippen LogP contribution in [0.3, 0.4) is 0 Å². The molecule has 1 heterocycles. The lowest BCUT2D eigenvalue weighted by Gasteiger charge is -2.27. The molecule has 0 aromatic heterocycles. The van der Waals surface area contributed by atoms with Crippen molar-refractivity contribution in [2.75, 3.05) is 5.32 Å². The maximum atomic E-state index is 13.4. The van der Waals surface area contributed by atoms with Crippen molar-refractivity contribution in [3.63, 3.8) is 0 Å². The summed E-state index contributed by atoms with van der Waals surface area (Å²) in [6, 6.07) is 14.1. The van der Waals surface area contributed by atoms with Crippen molar-refractivity contribution in [1.82, 2.24) is 0 Å². The Bertz CT molecular complexity index is 571. The van der Waals surface area contributed by atoms with Crippen molar-refractivity contribution in [3.05, 3.63) is 65.0 Å². The van der Waals surface area contributed by atoms with Crippen molar-refractivity contribution >= 4 is 5.69 Å². The molecule has 0 saturated carbocycles. The summed E-state index contributed by atoms with van der Waals surface area (Å²) in [6.45, 7) is 1.94. The second kappa shape index (κ2) is 5.04. The van der Waals surface area contributed by atoms with E-state index in [2.05, 4.69) is 35.6 Å². The first-order valence-electron chi connectivity index (χ1n) is 6.81. The first kappa shape index (κ1) is 12.2. The van der Waals surface area contributed by atoms with Crippen LogP contribution in [0, 0.1) is 12.7 Å². The summed E-state index contributed by atoms with van der Waals surface area (Å²) in [6.07, 6.45) is 3.08. The predicted molar refractivity (Wildman–Crippen MR) is 77.0 cm³/mol. The van der Waals surface area contributed by atoms with E-state index in [9.17, 15) is 4.39 Å². The first-order valence-corrected chi connectivity index (χ1v) is 6.81. The fourth-order valence-electron chi connectivity index (χ4n) is 2.87. The molecule has 0 spiro atoms. The maximum Gasteiger partial charge on any atom is 0.123 e. The molecule has 2 heteroatoms. The van der Waals surface area contributed by atoms with Crippen LogP contribution in [0.1, 0.15) is 23.1 Å². The summed E-state index contributed by atoms with van der Waals surface area (Å²) < 4.78 is 13.4. The fraction of sp³-hybridized carbons (Fsp3) is 0.294. The summed E-state index contributed by atoms with van der Waals surface area (Å²) in [4.78, 5) is 0. The van der Waals surface area contributed by atoms with Gasteiger partial charge in [0.1, 0.15) is 5.82 Å². The number of para-hydroxylation sites is 1. The minimum absolute atomic E-state index is 0.133. The molecule has 2 aromatic rings. The Kier molecular flexibility index (Phi) is 3.24. The normalized spacial score (nSPS) is 17.7. The topological polar surface area (TPSA) is 12.0 Å². The van der Waals surface area contributed by atoms with Crippen molar-refractivity contribution in [3.8, 4) is 0 Å². The summed E-state index contributed by atoms with van der Waals surface area (Å²) >= 11 is 0. The summed E-state index contributed by atoms with van der Waals surface area (Å²) in [5.41, 5.74) is 4.68. The number of halogens is 1. The van der Waals surface area contributed by atoms with Gasteiger partial charge in [0.2, 0.25) is 0 Å². The van der Waals surface area contributed by atoms with Gasteiger partial charge in [-0.05, 0) is 61.1 Å². The second-order valence-electron chi connectivity index (χ2n) is 5.38. The summed E-state index contributed by atoms with van der Waals surface area (Å²) in [7, 11) is 0. The van der Waals surface area contributed by atoms with E-state index < -0.39 is 0 Å². The van der Waals surface area contributed by atoms with E-state index in [0.29, 0.717) is 6.04 Å². The van der Waals surface area contributed by atoms with E-state index in [1.807, 2.05) is 6.92 Å². The van der Waals surface area contributed by atoms with Crippen LogP contribution >= 0.6 is 0 Å². The van der Waals surface area contributed by atoms with Crippen molar-refractivity contribution in [2.45, 2.75) is 32.2 Å². The molecule has 1 aliphatic rings. The number of hydrogen-bond donors (Lipinski definition) is 1. The van der Waals surface area contributed by atoms with Gasteiger partial charge >= 0.3 is 0 Å². The van der Waals surface area contributed by atoms with Crippen LogP contribution in [0.15, 0.2) is 42.5 Å². The standard InChI is InChI=1S/C17H18FN/c1-12-8-13(10-15(18)9-12)11-16-7-6-14-4-2-3-5-17(14)19-16/h2-5,8-10,16,19H,6-7,11H2,1H3. The molecule has 0 radical (unpaired) electrons. The molecule has 0 amide bonds. The number of hydrogen-bond acceptors (Lipinski definition) is 1. The van der Waals surface area contributed by atoms with Crippen LogP contribution in [-0.2, 0) is 12.8 Å². The van der Waals surface area contributed by atoms with Gasteiger partial charge in [-0.2, -0.15) is 0 Å². The first-order chi connectivity index (χ1) is 9.20. The van der Waals surface area contributed by atoms with Gasteiger partial charge in [-0.25, -0.2) is 4.39 Å². The average molecular weight is 255 g/mol. The molecule has 3 rings (SSSR count). The lowest BCUT2D eigenvalue weighted by atomic mass is 9.93. The highest BCUT2D eigenvalue weighted by Gasteiger charge is 2.17. The van der Waals surface area contributed by atoms with E-state index in [1.54, 1.807) is 12.1 Å². The lowest BCUT2D eigenvalue weighted by Crippen LogP contribution is -2.27. The molecule has 0 bridgehead atoms. The molecule has 1 N–H and O–H groups in total. The number of aryl methyl sites for hydroxylation is 2. The summed E-state index contributed by atoms with van der Waals surface area (Å²) in [5.74, 6) is -0.133. The monoisotopic (exact) mass is 255 g/mol. The third-order valence-electron chi connectivity index (χ3n) is 3.72. The molecule has 1 nitrogen and oxygen atoms in total. The van der Waals surface area contributed by atoms with Gasteiger partial charge in [0.15, 0.2) is 0 Å². The van der Waals surface area contributed by atoms with Crippen molar-refractivity contribution in [1.29, 1.82) is 0 Å². The smallest absolute Gasteiger partial charge is 0.123 e. The number of anilines is 1. The quantitative estimate of drug-likeness (QED) is 0.851. The predicted octanol–water partition coefficient (Wildman–Crippen LogP) is 4.10. The van der Waals surface area contributed by atoms with Crippen LogP contribution in [0.2, 0.25) is 0 Å². The van der Waals surface area contributed by atoms with Crippen molar-refractivity contribution in [2.24, 2.45) is 0 Å². The highest BCUT2D eigenvalue weighted by molar-refractivity contribution is 5.54. The Balaban J connectivity index is 1.75. The molecule has 0 saturated heterocycles. The number of rotatable bonds is 2. The molecular weight excluding hydrogens is 237 g/mol. The minimum Gasteiger partial charge on any atom is -0.382 e. The molecule has 2 aromatic carbocycles. The van der Waals surface area contributed by atoms with E-state index in [-0.39, 0.29) is 5.82 Å².